The van der Waals surface area contributed by atoms with E-state index in [0.717, 1.165) is 10.5 Å². The summed E-state index contributed by atoms with van der Waals surface area (Å²) in [7, 11) is 0. The van der Waals surface area contributed by atoms with Gasteiger partial charge in [-0.25, -0.2) is 0 Å². The fraction of sp³-hybridized carbons (Fsp3) is 0.200. The van der Waals surface area contributed by atoms with Gasteiger partial charge in [-0.1, -0.05) is 41.9 Å². The summed E-state index contributed by atoms with van der Waals surface area (Å²) in [6.07, 6.45) is 0.504. The Morgan fingerprint density at radius 3 is 2.35 bits per heavy atom. The summed E-state index contributed by atoms with van der Waals surface area (Å²) >= 11 is 7.50. The van der Waals surface area contributed by atoms with Crippen molar-refractivity contribution in [3.63, 3.8) is 0 Å². The molecule has 0 aliphatic rings. The van der Waals surface area contributed by atoms with E-state index < -0.39 is 0 Å². The molecule has 0 aromatic heterocycles. The minimum atomic E-state index is -0.266. The van der Waals surface area contributed by atoms with E-state index in [4.69, 9.17) is 11.6 Å². The van der Waals surface area contributed by atoms with Crippen LogP contribution in [-0.4, -0.2) is 11.5 Å². The van der Waals surface area contributed by atoms with Gasteiger partial charge in [-0.2, -0.15) is 0 Å². The Hall–Kier alpha value is -1.52. The molecule has 0 fully saturated rings. The molecule has 2 aromatic carbocycles. The predicted molar refractivity (Wildman–Crippen MR) is 83.0 cm³/mol. The van der Waals surface area contributed by atoms with E-state index in [2.05, 4.69) is 0 Å². The van der Waals surface area contributed by atoms with Crippen LogP contribution in [0.15, 0.2) is 59.5 Å². The quantitative estimate of drug-likeness (QED) is 0.435. The number of nitro groups is 1. The minimum Gasteiger partial charge on any atom is -0.265 e. The summed E-state index contributed by atoms with van der Waals surface area (Å²) in [5.41, 5.74) is 1.11. The Kier molecular flexibility index (Phi) is 5.44. The lowest BCUT2D eigenvalue weighted by Gasteiger charge is -2.15. The second-order valence-corrected chi connectivity index (χ2v) is 6.03. The van der Waals surface area contributed by atoms with Gasteiger partial charge in [0.05, 0.1) is 0 Å². The van der Waals surface area contributed by atoms with Crippen LogP contribution in [0.2, 0.25) is 5.02 Å². The smallest absolute Gasteiger partial charge is 0.205 e. The number of hydrogen-bond acceptors (Lipinski definition) is 3. The molecule has 20 heavy (non-hydrogen) atoms. The summed E-state index contributed by atoms with van der Waals surface area (Å²) in [5.74, 6) is 0. The molecule has 3 nitrogen and oxygen atoms in total. The third-order valence-corrected chi connectivity index (χ3v) is 4.43. The Bertz CT molecular complexity index is 560. The van der Waals surface area contributed by atoms with Gasteiger partial charge in [0.1, 0.15) is 0 Å². The molecule has 0 aliphatic carbocycles. The van der Waals surface area contributed by atoms with Crippen molar-refractivity contribution in [1.29, 1.82) is 0 Å². The molecule has 0 amide bonds. The molecule has 0 spiro atoms. The maximum atomic E-state index is 10.6. The first-order valence-electron chi connectivity index (χ1n) is 6.24. The number of halogens is 1. The van der Waals surface area contributed by atoms with E-state index in [1.165, 1.54) is 0 Å². The molecular formula is C15H14ClNO2S. The molecule has 104 valence electrons. The molecule has 0 saturated carbocycles. The average Bonchev–Trinajstić information content (AvgIpc) is 2.46. The van der Waals surface area contributed by atoms with Gasteiger partial charge in [-0.15, -0.1) is 11.8 Å². The zero-order valence-electron chi connectivity index (χ0n) is 10.7. The van der Waals surface area contributed by atoms with E-state index in [1.54, 1.807) is 11.8 Å². The van der Waals surface area contributed by atoms with Crippen molar-refractivity contribution < 1.29 is 4.92 Å². The first-order valence-corrected chi connectivity index (χ1v) is 7.50. The van der Waals surface area contributed by atoms with Crippen LogP contribution in [0.3, 0.4) is 0 Å². The molecule has 2 aromatic rings. The van der Waals surface area contributed by atoms with Crippen LogP contribution in [-0.2, 0) is 0 Å². The van der Waals surface area contributed by atoms with E-state index >= 15 is 0 Å². The first-order chi connectivity index (χ1) is 9.65. The standard InChI is InChI=1S/C15H14ClNO2S/c16-13-6-8-14(9-7-13)20-15(10-11-17(18)19)12-4-2-1-3-5-12/h1-9,15H,10-11H2. The first kappa shape index (κ1) is 14.9. The van der Waals surface area contributed by atoms with Gasteiger partial charge in [-0.05, 0) is 29.8 Å². The molecule has 1 unspecified atom stereocenters. The highest BCUT2D eigenvalue weighted by molar-refractivity contribution is 7.99. The minimum absolute atomic E-state index is 0.0276. The van der Waals surface area contributed by atoms with Crippen molar-refractivity contribution in [3.8, 4) is 0 Å². The van der Waals surface area contributed by atoms with Crippen LogP contribution in [0.5, 0.6) is 0 Å². The summed E-state index contributed by atoms with van der Waals surface area (Å²) in [4.78, 5) is 11.4. The van der Waals surface area contributed by atoms with E-state index in [1.807, 2.05) is 54.6 Å². The number of hydrogen-bond donors (Lipinski definition) is 0. The summed E-state index contributed by atoms with van der Waals surface area (Å²) < 4.78 is 0. The molecule has 2 rings (SSSR count). The summed E-state index contributed by atoms with van der Waals surface area (Å²) in [5, 5.41) is 11.4. The van der Waals surface area contributed by atoms with Gasteiger partial charge in [0.15, 0.2) is 0 Å². The number of thioether (sulfide) groups is 1. The van der Waals surface area contributed by atoms with Gasteiger partial charge in [-0.3, -0.25) is 10.1 Å². The summed E-state index contributed by atoms with van der Waals surface area (Å²) in [6, 6.07) is 17.4. The van der Waals surface area contributed by atoms with Crippen LogP contribution < -0.4 is 0 Å². The van der Waals surface area contributed by atoms with Crippen LogP contribution in [0.25, 0.3) is 0 Å². The van der Waals surface area contributed by atoms with Gasteiger partial charge < -0.3 is 0 Å². The van der Waals surface area contributed by atoms with E-state index in [9.17, 15) is 10.1 Å². The third-order valence-electron chi connectivity index (χ3n) is 2.84. The molecule has 0 aliphatic heterocycles. The molecule has 0 heterocycles. The second-order valence-electron chi connectivity index (χ2n) is 4.32. The molecule has 5 heteroatoms. The summed E-state index contributed by atoms with van der Waals surface area (Å²) in [6.45, 7) is -0.0276. The van der Waals surface area contributed by atoms with Crippen molar-refractivity contribution in [1.82, 2.24) is 0 Å². The van der Waals surface area contributed by atoms with Crippen molar-refractivity contribution in [2.75, 3.05) is 6.54 Å². The normalized spacial score (nSPS) is 12.1. The molecule has 0 bridgehead atoms. The molecule has 0 N–H and O–H groups in total. The van der Waals surface area contributed by atoms with E-state index in [0.29, 0.717) is 11.4 Å². The van der Waals surface area contributed by atoms with Gasteiger partial charge in [0.25, 0.3) is 0 Å². The molecule has 0 saturated heterocycles. The fourth-order valence-corrected chi connectivity index (χ4v) is 3.13. The van der Waals surface area contributed by atoms with Crippen LogP contribution in [0.4, 0.5) is 0 Å². The highest BCUT2D eigenvalue weighted by Gasteiger charge is 2.15. The lowest BCUT2D eigenvalue weighted by Crippen LogP contribution is -2.05. The van der Waals surface area contributed by atoms with Crippen molar-refractivity contribution in [3.05, 3.63) is 75.3 Å². The maximum Gasteiger partial charge on any atom is 0.205 e. The predicted octanol–water partition coefficient (Wildman–Crippen LogP) is 4.84. The Labute approximate surface area is 127 Å². The van der Waals surface area contributed by atoms with Crippen LogP contribution in [0, 0.1) is 10.1 Å². The lowest BCUT2D eigenvalue weighted by atomic mass is 10.1. The highest BCUT2D eigenvalue weighted by atomic mass is 35.5. The maximum absolute atomic E-state index is 10.6. The molecule has 0 radical (unpaired) electrons. The average molecular weight is 308 g/mol. The highest BCUT2D eigenvalue weighted by Crippen LogP contribution is 2.37. The topological polar surface area (TPSA) is 43.1 Å². The Morgan fingerprint density at radius 1 is 1.10 bits per heavy atom. The zero-order valence-corrected chi connectivity index (χ0v) is 12.3. The van der Waals surface area contributed by atoms with Crippen LogP contribution in [0.1, 0.15) is 17.2 Å². The van der Waals surface area contributed by atoms with Gasteiger partial charge >= 0.3 is 0 Å². The molecular weight excluding hydrogens is 294 g/mol. The number of benzene rings is 2. The largest absolute Gasteiger partial charge is 0.265 e. The SMILES string of the molecule is O=[N+]([O-])CCC(Sc1ccc(Cl)cc1)c1ccccc1. The van der Waals surface area contributed by atoms with E-state index in [-0.39, 0.29) is 16.7 Å². The zero-order chi connectivity index (χ0) is 14.4. The monoisotopic (exact) mass is 307 g/mol. The second kappa shape index (κ2) is 7.31. The van der Waals surface area contributed by atoms with Crippen LogP contribution >= 0.6 is 23.4 Å². The lowest BCUT2D eigenvalue weighted by molar-refractivity contribution is -0.480. The number of rotatable bonds is 6. The van der Waals surface area contributed by atoms with Gasteiger partial charge in [0, 0.05) is 26.5 Å². The van der Waals surface area contributed by atoms with Gasteiger partial charge in [0.2, 0.25) is 6.54 Å². The van der Waals surface area contributed by atoms with Crippen molar-refractivity contribution in [2.24, 2.45) is 0 Å². The Morgan fingerprint density at radius 2 is 1.75 bits per heavy atom. The van der Waals surface area contributed by atoms with Crippen molar-refractivity contribution in [2.45, 2.75) is 16.6 Å². The fourth-order valence-electron chi connectivity index (χ4n) is 1.86. The number of nitrogens with zero attached hydrogens (tertiary/aromatic N) is 1. The van der Waals surface area contributed by atoms with Crippen molar-refractivity contribution >= 4 is 23.4 Å². The molecule has 1 atom stereocenters. The Balaban J connectivity index is 2.13. The third kappa shape index (κ3) is 4.54.